The maximum Gasteiger partial charge on any atom is 0.259 e. The molecule has 4 aromatic rings. The molecule has 0 radical (unpaired) electrons. The predicted octanol–water partition coefficient (Wildman–Crippen LogP) is 3.50. The molecule has 5 amide bonds. The molecular weight excluding hydrogens is 729 g/mol. The Morgan fingerprint density at radius 1 is 0.895 bits per heavy atom. The zero-order chi connectivity index (χ0) is 40.5. The lowest BCUT2D eigenvalue weighted by atomic mass is 9.93. The second-order valence-electron chi connectivity index (χ2n) is 14.9. The average molecular weight is 779 g/mol. The third-order valence-corrected chi connectivity index (χ3v) is 10.2. The van der Waals surface area contributed by atoms with Crippen LogP contribution in [0.3, 0.4) is 0 Å². The second-order valence-corrected chi connectivity index (χ2v) is 14.9. The number of carbonyl (C=O) groups excluding carboxylic acids is 5. The van der Waals surface area contributed by atoms with Gasteiger partial charge in [0.05, 0.1) is 19.2 Å². The number of benzene rings is 3. The third kappa shape index (κ3) is 10.2. The number of likely N-dealkylation sites (tertiary alicyclic amines) is 1. The van der Waals surface area contributed by atoms with Gasteiger partial charge in [-0.1, -0.05) is 91.8 Å². The number of methoxy groups -OCH3 is 1. The smallest absolute Gasteiger partial charge is 0.259 e. The van der Waals surface area contributed by atoms with Gasteiger partial charge in [0.1, 0.15) is 34.9 Å². The first-order chi connectivity index (χ1) is 27.5. The molecule has 3 heterocycles. The lowest BCUT2D eigenvalue weighted by Crippen LogP contribution is -2.56. The van der Waals surface area contributed by atoms with Crippen molar-refractivity contribution >= 4 is 29.5 Å². The van der Waals surface area contributed by atoms with Gasteiger partial charge >= 0.3 is 0 Å². The minimum atomic E-state index is -1.03. The van der Waals surface area contributed by atoms with Crippen molar-refractivity contribution in [3.8, 4) is 17.0 Å². The van der Waals surface area contributed by atoms with Crippen molar-refractivity contribution in [1.82, 2.24) is 30.9 Å². The molecule has 57 heavy (non-hydrogen) atoms. The Morgan fingerprint density at radius 2 is 1.61 bits per heavy atom. The van der Waals surface area contributed by atoms with E-state index < -0.39 is 47.7 Å². The van der Waals surface area contributed by atoms with Gasteiger partial charge in [-0.25, -0.2) is 0 Å². The van der Waals surface area contributed by atoms with E-state index in [0.717, 1.165) is 16.7 Å². The summed E-state index contributed by atoms with van der Waals surface area (Å²) in [6.07, 6.45) is 0.490. The summed E-state index contributed by atoms with van der Waals surface area (Å²) >= 11 is 0. The number of hydrogen-bond donors (Lipinski definition) is 3. The fraction of sp³-hybridized carbons (Fsp3) is 0.395. The molecule has 0 spiro atoms. The number of ether oxygens (including phenoxy) is 2. The Balaban J connectivity index is 1.36. The molecule has 300 valence electrons. The monoisotopic (exact) mass is 778 g/mol. The second kappa shape index (κ2) is 18.7. The van der Waals surface area contributed by atoms with E-state index in [9.17, 15) is 24.0 Å². The molecule has 4 atom stereocenters. The fourth-order valence-electron chi connectivity index (χ4n) is 7.39. The molecule has 14 nitrogen and oxygen atoms in total. The number of aryl methyl sites for hydroxylation is 1. The van der Waals surface area contributed by atoms with Gasteiger partial charge in [0.25, 0.3) is 11.8 Å². The first-order valence-corrected chi connectivity index (χ1v) is 19.2. The van der Waals surface area contributed by atoms with Crippen LogP contribution in [0.4, 0.5) is 0 Å². The molecule has 14 heteroatoms. The normalized spacial score (nSPS) is 20.9. The summed E-state index contributed by atoms with van der Waals surface area (Å²) in [5.41, 5.74) is 3.07. The van der Waals surface area contributed by atoms with E-state index in [2.05, 4.69) is 21.1 Å². The molecule has 3 N–H and O–H groups in total. The molecule has 3 aromatic carbocycles. The molecule has 0 aliphatic carbocycles. The highest BCUT2D eigenvalue weighted by Gasteiger charge is 2.41. The first-order valence-electron chi connectivity index (χ1n) is 19.2. The number of carbonyl (C=O) groups is 5. The Bertz CT molecular complexity index is 2040. The van der Waals surface area contributed by atoms with E-state index >= 15 is 0 Å². The van der Waals surface area contributed by atoms with Crippen molar-refractivity contribution < 1.29 is 38.0 Å². The highest BCUT2D eigenvalue weighted by atomic mass is 16.5. The lowest BCUT2D eigenvalue weighted by Gasteiger charge is -2.29. The minimum absolute atomic E-state index is 0.0381. The zero-order valence-corrected chi connectivity index (χ0v) is 32.7. The van der Waals surface area contributed by atoms with E-state index in [1.165, 1.54) is 12.0 Å². The molecule has 0 unspecified atom stereocenters. The van der Waals surface area contributed by atoms with Crippen LogP contribution >= 0.6 is 0 Å². The number of nitrogens with one attached hydrogen (secondary N) is 3. The Labute approximate surface area is 332 Å². The standard InChI is InChI=1S/C43H50N6O8/c1-27(2)20-35-42(53)48(18-19-55-4)25-37(50)44-34(21-29-12-7-5-8-13-29)41(52)46-36-24-49(23-33(36)31-16-11-17-32(22-31)56-26-38(51)45-35)43(54)39-28(3)57-47-40(39)30-14-9-6-10-15-30/h5-17,22,27,33-36H,18-21,23-26H2,1-4H3,(H,44,50)(H,45,51)(H,46,52)/t33-,34-,35+,36+/m0/s1. The first kappa shape index (κ1) is 40.6. The highest BCUT2D eigenvalue weighted by Crippen LogP contribution is 2.33. The molecular formula is C43H50N6O8. The van der Waals surface area contributed by atoms with Crippen LogP contribution in [0.5, 0.6) is 5.75 Å². The van der Waals surface area contributed by atoms with Crippen molar-refractivity contribution in [3.63, 3.8) is 0 Å². The summed E-state index contributed by atoms with van der Waals surface area (Å²) < 4.78 is 16.7. The van der Waals surface area contributed by atoms with Gasteiger partial charge in [0.15, 0.2) is 6.61 Å². The van der Waals surface area contributed by atoms with Crippen LogP contribution in [0.15, 0.2) is 89.5 Å². The van der Waals surface area contributed by atoms with E-state index in [4.69, 9.17) is 14.0 Å². The number of aromatic nitrogens is 1. The van der Waals surface area contributed by atoms with E-state index in [-0.39, 0.29) is 57.6 Å². The largest absolute Gasteiger partial charge is 0.484 e. The third-order valence-electron chi connectivity index (χ3n) is 10.2. The van der Waals surface area contributed by atoms with Crippen LogP contribution in [-0.2, 0) is 30.3 Å². The Hall–Kier alpha value is -6.02. The molecule has 1 saturated heterocycles. The SMILES string of the molecule is COCCN1CC(=O)N[C@@H](Cc2ccccc2)C(=O)N[C@@H]2CN(C(=O)c3c(-c4ccccc4)noc3C)C[C@H]2c2cccc(c2)OCC(=O)N[C@H](CC(C)C)C1=O. The van der Waals surface area contributed by atoms with E-state index in [0.29, 0.717) is 29.2 Å². The van der Waals surface area contributed by atoms with Gasteiger partial charge in [-0.3, -0.25) is 24.0 Å². The van der Waals surface area contributed by atoms with Crippen molar-refractivity contribution in [2.75, 3.05) is 46.5 Å². The van der Waals surface area contributed by atoms with Crippen molar-refractivity contribution in [1.29, 1.82) is 0 Å². The molecule has 2 aliphatic heterocycles. The van der Waals surface area contributed by atoms with Crippen LogP contribution in [0.25, 0.3) is 11.3 Å². The highest BCUT2D eigenvalue weighted by molar-refractivity contribution is 6.01. The molecule has 6 rings (SSSR count). The van der Waals surface area contributed by atoms with Gasteiger partial charge in [0, 0.05) is 44.6 Å². The van der Waals surface area contributed by atoms with Crippen LogP contribution in [0.2, 0.25) is 0 Å². The molecule has 2 bridgehead atoms. The molecule has 1 aromatic heterocycles. The van der Waals surface area contributed by atoms with Gasteiger partial charge in [-0.2, -0.15) is 0 Å². The topological polar surface area (TPSA) is 172 Å². The summed E-state index contributed by atoms with van der Waals surface area (Å²) in [6.45, 7) is 5.43. The summed E-state index contributed by atoms with van der Waals surface area (Å²) in [7, 11) is 1.49. The Kier molecular flexibility index (Phi) is 13.4. The lowest BCUT2D eigenvalue weighted by molar-refractivity contribution is -0.141. The number of fused-ring (bicyclic) bond motifs is 4. The maximum atomic E-state index is 14.4. The number of nitrogens with zero attached hydrogens (tertiary/aromatic N) is 3. The zero-order valence-electron chi connectivity index (χ0n) is 32.7. The summed E-state index contributed by atoms with van der Waals surface area (Å²) in [4.78, 5) is 72.9. The summed E-state index contributed by atoms with van der Waals surface area (Å²) in [6, 6.07) is 23.3. The average Bonchev–Trinajstić information content (AvgIpc) is 3.81. The number of hydrogen-bond acceptors (Lipinski definition) is 9. The minimum Gasteiger partial charge on any atom is -0.484 e. The fourth-order valence-corrected chi connectivity index (χ4v) is 7.39. The molecule has 1 fully saturated rings. The van der Waals surface area contributed by atoms with Gasteiger partial charge in [-0.05, 0) is 42.5 Å². The van der Waals surface area contributed by atoms with Crippen LogP contribution in [0.1, 0.15) is 53.4 Å². The van der Waals surface area contributed by atoms with E-state index in [1.807, 2.05) is 80.6 Å². The summed E-state index contributed by atoms with van der Waals surface area (Å²) in [5, 5.41) is 13.1. The quantitative estimate of drug-likeness (QED) is 0.230. The Morgan fingerprint density at radius 3 is 2.33 bits per heavy atom. The molecule has 2 aliphatic rings. The van der Waals surface area contributed by atoms with Crippen molar-refractivity contribution in [2.24, 2.45) is 5.92 Å². The van der Waals surface area contributed by atoms with Crippen molar-refractivity contribution in [3.05, 3.63) is 107 Å². The van der Waals surface area contributed by atoms with Gasteiger partial charge < -0.3 is 39.7 Å². The van der Waals surface area contributed by atoms with E-state index in [1.54, 1.807) is 30.0 Å². The maximum absolute atomic E-state index is 14.4. The van der Waals surface area contributed by atoms with Gasteiger partial charge in [0.2, 0.25) is 17.7 Å². The van der Waals surface area contributed by atoms with Crippen LogP contribution in [-0.4, -0.2) is 109 Å². The van der Waals surface area contributed by atoms with Crippen LogP contribution in [0, 0.1) is 12.8 Å². The number of rotatable bonds is 9. The van der Waals surface area contributed by atoms with Gasteiger partial charge in [-0.15, -0.1) is 0 Å². The molecule has 0 saturated carbocycles. The summed E-state index contributed by atoms with van der Waals surface area (Å²) in [5.74, 6) is -1.85. The number of amides is 5. The van der Waals surface area contributed by atoms with Crippen LogP contribution < -0.4 is 20.7 Å². The predicted molar refractivity (Wildman–Crippen MR) is 211 cm³/mol. The van der Waals surface area contributed by atoms with Crippen molar-refractivity contribution in [2.45, 2.75) is 57.7 Å².